The minimum Gasteiger partial charge on any atom is -0.484 e. The Hall–Kier alpha value is -2.32. The molecular weight excluding hydrogens is 386 g/mol. The van der Waals surface area contributed by atoms with Gasteiger partial charge in [0.2, 0.25) is 0 Å². The van der Waals surface area contributed by atoms with Gasteiger partial charge in [0.05, 0.1) is 0 Å². The van der Waals surface area contributed by atoms with Crippen LogP contribution in [0.5, 0.6) is 5.75 Å². The van der Waals surface area contributed by atoms with Gasteiger partial charge >= 0.3 is 0 Å². The van der Waals surface area contributed by atoms with Gasteiger partial charge in [0, 0.05) is 23.6 Å². The average molecular weight is 405 g/mol. The van der Waals surface area contributed by atoms with Crippen molar-refractivity contribution in [1.82, 2.24) is 0 Å². The summed E-state index contributed by atoms with van der Waals surface area (Å²) < 4.78 is 34.9. The van der Waals surface area contributed by atoms with Crippen molar-refractivity contribution < 1.29 is 22.4 Å². The summed E-state index contributed by atoms with van der Waals surface area (Å²) in [5.41, 5.74) is 2.08. The van der Waals surface area contributed by atoms with E-state index in [4.69, 9.17) is 9.15 Å². The Bertz CT molecular complexity index is 1110. The van der Waals surface area contributed by atoms with Crippen LogP contribution in [0.3, 0.4) is 0 Å². The third-order valence-electron chi connectivity index (χ3n) is 4.58. The van der Waals surface area contributed by atoms with Gasteiger partial charge in [-0.25, -0.2) is 8.42 Å². The highest BCUT2D eigenvalue weighted by Gasteiger charge is 2.19. The van der Waals surface area contributed by atoms with Gasteiger partial charge in [0.1, 0.15) is 27.0 Å². The van der Waals surface area contributed by atoms with E-state index in [-0.39, 0.29) is 11.5 Å². The average Bonchev–Trinajstić information content (AvgIpc) is 3.23. The molecule has 0 aliphatic heterocycles. The van der Waals surface area contributed by atoms with Crippen LogP contribution in [0.15, 0.2) is 39.0 Å². The molecule has 8 heteroatoms. The first kappa shape index (κ1) is 18.1. The van der Waals surface area contributed by atoms with Gasteiger partial charge in [-0.3, -0.25) is 4.79 Å². The van der Waals surface area contributed by atoms with Crippen molar-refractivity contribution in [3.05, 3.63) is 41.0 Å². The van der Waals surface area contributed by atoms with Crippen molar-refractivity contribution in [1.29, 1.82) is 0 Å². The summed E-state index contributed by atoms with van der Waals surface area (Å²) in [6.45, 7) is -0.202. The van der Waals surface area contributed by atoms with E-state index < -0.39 is 15.7 Å². The predicted molar refractivity (Wildman–Crippen MR) is 104 cm³/mol. The number of anilines is 1. The van der Waals surface area contributed by atoms with E-state index >= 15 is 0 Å². The zero-order chi connectivity index (χ0) is 19.0. The lowest BCUT2D eigenvalue weighted by Crippen LogP contribution is -2.20. The fraction of sp³-hybridized carbons (Fsp3) is 0.316. The van der Waals surface area contributed by atoms with Crippen LogP contribution in [-0.2, 0) is 27.5 Å². The molecule has 2 aromatic heterocycles. The molecule has 3 aromatic rings. The second-order valence-corrected chi connectivity index (χ2v) is 9.49. The largest absolute Gasteiger partial charge is 0.484 e. The highest BCUT2D eigenvalue weighted by atomic mass is 32.2. The zero-order valence-corrected chi connectivity index (χ0v) is 16.4. The van der Waals surface area contributed by atoms with E-state index in [2.05, 4.69) is 5.32 Å². The Morgan fingerprint density at radius 1 is 1.26 bits per heavy atom. The molecule has 1 aliphatic rings. The molecule has 1 aromatic carbocycles. The smallest absolute Gasteiger partial charge is 0.262 e. The molecule has 1 aliphatic carbocycles. The Balaban J connectivity index is 1.46. The molecule has 0 bridgehead atoms. The molecule has 142 valence electrons. The van der Waals surface area contributed by atoms with Crippen LogP contribution >= 0.6 is 11.3 Å². The predicted octanol–water partition coefficient (Wildman–Crippen LogP) is 3.79. The lowest BCUT2D eigenvalue weighted by atomic mass is 9.96. The fourth-order valence-corrected chi connectivity index (χ4v) is 5.41. The summed E-state index contributed by atoms with van der Waals surface area (Å²) in [4.78, 5) is 12.3. The topological polar surface area (TPSA) is 85.6 Å². The third kappa shape index (κ3) is 3.72. The van der Waals surface area contributed by atoms with Crippen LogP contribution in [0.1, 0.15) is 24.2 Å². The number of ether oxygens (including phenoxy) is 1. The molecule has 0 atom stereocenters. The Morgan fingerprint density at radius 2 is 2.07 bits per heavy atom. The van der Waals surface area contributed by atoms with Crippen LogP contribution in [0.4, 0.5) is 5.00 Å². The van der Waals surface area contributed by atoms with Crippen LogP contribution in [0.2, 0.25) is 0 Å². The number of rotatable bonds is 5. The Morgan fingerprint density at radius 3 is 2.89 bits per heavy atom. The molecule has 0 radical (unpaired) electrons. The molecule has 1 N–H and O–H groups in total. The molecule has 0 fully saturated rings. The number of carbonyl (C=O) groups excluding carboxylic acids is 1. The number of sulfone groups is 1. The van der Waals surface area contributed by atoms with Gasteiger partial charge in [0.25, 0.3) is 5.91 Å². The Kier molecular flexibility index (Phi) is 4.69. The van der Waals surface area contributed by atoms with Crippen molar-refractivity contribution in [3.63, 3.8) is 0 Å². The second kappa shape index (κ2) is 7.01. The quantitative estimate of drug-likeness (QED) is 0.698. The number of aryl methyl sites for hydroxylation is 2. The van der Waals surface area contributed by atoms with Crippen LogP contribution in [0, 0.1) is 0 Å². The Labute approximate surface area is 161 Å². The summed E-state index contributed by atoms with van der Waals surface area (Å²) >= 11 is 1.17. The molecule has 6 nitrogen and oxygen atoms in total. The summed E-state index contributed by atoms with van der Waals surface area (Å²) in [5.74, 6) is 1.23. The maximum Gasteiger partial charge on any atom is 0.262 e. The third-order valence-corrected chi connectivity index (χ3v) is 6.68. The van der Waals surface area contributed by atoms with E-state index in [0.717, 1.165) is 48.7 Å². The number of furan rings is 1. The number of benzene rings is 1. The molecule has 1 amide bonds. The summed E-state index contributed by atoms with van der Waals surface area (Å²) in [5, 5.41) is 5.59. The van der Waals surface area contributed by atoms with Crippen LogP contribution in [-0.4, -0.2) is 27.2 Å². The van der Waals surface area contributed by atoms with Gasteiger partial charge in [-0.05, 0) is 48.9 Å². The maximum absolute atomic E-state index is 12.2. The molecule has 4 rings (SSSR count). The number of hydrogen-bond donors (Lipinski definition) is 1. The van der Waals surface area contributed by atoms with E-state index in [1.165, 1.54) is 23.0 Å². The monoisotopic (exact) mass is 405 g/mol. The number of amides is 1. The van der Waals surface area contributed by atoms with Crippen molar-refractivity contribution in [3.8, 4) is 5.75 Å². The van der Waals surface area contributed by atoms with Gasteiger partial charge in [-0.15, -0.1) is 11.3 Å². The van der Waals surface area contributed by atoms with Gasteiger partial charge in [0.15, 0.2) is 16.4 Å². The number of fused-ring (bicyclic) bond motifs is 3. The van der Waals surface area contributed by atoms with Crippen molar-refractivity contribution >= 4 is 43.1 Å². The minimum absolute atomic E-state index is 0.118. The minimum atomic E-state index is -3.39. The lowest BCUT2D eigenvalue weighted by Gasteiger charge is -2.09. The normalized spacial score (nSPS) is 14.1. The fourth-order valence-electron chi connectivity index (χ4n) is 3.32. The first-order valence-electron chi connectivity index (χ1n) is 8.66. The van der Waals surface area contributed by atoms with E-state index in [1.807, 2.05) is 12.1 Å². The highest BCUT2D eigenvalue weighted by molar-refractivity contribution is 7.91. The highest BCUT2D eigenvalue weighted by Crippen LogP contribution is 2.34. The van der Waals surface area contributed by atoms with E-state index in [0.29, 0.717) is 10.8 Å². The second-order valence-electron chi connectivity index (χ2n) is 6.59. The number of thiophene rings is 1. The van der Waals surface area contributed by atoms with Crippen molar-refractivity contribution in [2.24, 2.45) is 0 Å². The number of hydrogen-bond acceptors (Lipinski definition) is 6. The van der Waals surface area contributed by atoms with Gasteiger partial charge in [-0.2, -0.15) is 0 Å². The summed E-state index contributed by atoms with van der Waals surface area (Å²) in [6, 6.07) is 7.02. The maximum atomic E-state index is 12.2. The van der Waals surface area contributed by atoms with Crippen LogP contribution in [0.25, 0.3) is 11.0 Å². The van der Waals surface area contributed by atoms with E-state index in [1.54, 1.807) is 11.4 Å². The first-order valence-corrected chi connectivity index (χ1v) is 11.4. The summed E-state index contributed by atoms with van der Waals surface area (Å²) in [6.07, 6.45) is 5.38. The van der Waals surface area contributed by atoms with Gasteiger partial charge in [-0.1, -0.05) is 0 Å². The van der Waals surface area contributed by atoms with Crippen LogP contribution < -0.4 is 10.1 Å². The lowest BCUT2D eigenvalue weighted by molar-refractivity contribution is -0.118. The number of carbonyl (C=O) groups is 1. The molecule has 0 unspecified atom stereocenters. The van der Waals surface area contributed by atoms with Crippen molar-refractivity contribution in [2.75, 3.05) is 18.2 Å². The SMILES string of the molecule is CS(=O)(=O)c1ccsc1NC(=O)COc1ccc2oc3c(c2c1)CCCC3. The molecular formula is C19H19NO5S2. The number of nitrogens with one attached hydrogen (secondary N) is 1. The molecule has 2 heterocycles. The molecule has 0 saturated heterocycles. The zero-order valence-electron chi connectivity index (χ0n) is 14.8. The van der Waals surface area contributed by atoms with Crippen molar-refractivity contribution in [2.45, 2.75) is 30.6 Å². The first-order chi connectivity index (χ1) is 12.9. The molecule has 0 saturated carbocycles. The molecule has 27 heavy (non-hydrogen) atoms. The van der Waals surface area contributed by atoms with Gasteiger partial charge < -0.3 is 14.5 Å². The standard InChI is InChI=1S/C19H19NO5S2/c1-27(22,23)17-8-9-26-19(17)20-18(21)11-24-12-6-7-16-14(10-12)13-4-2-3-5-15(13)25-16/h6-10H,2-5,11H2,1H3,(H,20,21). The molecule has 0 spiro atoms. The van der Waals surface area contributed by atoms with E-state index in [9.17, 15) is 13.2 Å². The summed E-state index contributed by atoms with van der Waals surface area (Å²) in [7, 11) is -3.39.